The number of anilines is 1. The van der Waals surface area contributed by atoms with Gasteiger partial charge >= 0.3 is 0 Å². The van der Waals surface area contributed by atoms with Crippen LogP contribution in [0.4, 0.5) is 5.69 Å². The highest BCUT2D eigenvalue weighted by molar-refractivity contribution is 6.33. The summed E-state index contributed by atoms with van der Waals surface area (Å²) in [5.74, 6) is 0.913. The van der Waals surface area contributed by atoms with E-state index in [2.05, 4.69) is 22.3 Å². The second-order valence-electron chi connectivity index (χ2n) is 6.02. The summed E-state index contributed by atoms with van der Waals surface area (Å²) in [4.78, 5) is 2.51. The third-order valence-electron chi connectivity index (χ3n) is 4.39. The molecule has 0 aromatic heterocycles. The minimum atomic E-state index is 0.502. The number of rotatable bonds is 5. The number of halogens is 1. The van der Waals surface area contributed by atoms with Gasteiger partial charge in [-0.3, -0.25) is 4.90 Å². The molecule has 0 saturated carbocycles. The van der Waals surface area contributed by atoms with Crippen LogP contribution in [0, 0.1) is 0 Å². The molecular formula is C19H23ClN2O. The van der Waals surface area contributed by atoms with E-state index in [1.165, 1.54) is 5.56 Å². The average Bonchev–Trinajstić information content (AvgIpc) is 2.59. The fourth-order valence-electron chi connectivity index (χ4n) is 3.02. The summed E-state index contributed by atoms with van der Waals surface area (Å²) in [5.41, 5.74) is 2.38. The number of hydrogen-bond acceptors (Lipinski definition) is 3. The van der Waals surface area contributed by atoms with Crippen molar-refractivity contribution in [1.29, 1.82) is 0 Å². The highest BCUT2D eigenvalue weighted by atomic mass is 35.5. The van der Waals surface area contributed by atoms with Gasteiger partial charge in [0.2, 0.25) is 0 Å². The number of hydrogen-bond donors (Lipinski definition) is 1. The fraction of sp³-hybridized carbons (Fsp3) is 0.368. The van der Waals surface area contributed by atoms with Crippen LogP contribution in [0.15, 0.2) is 48.5 Å². The molecule has 0 atom stereocenters. The fourth-order valence-corrected chi connectivity index (χ4v) is 3.21. The molecule has 3 rings (SSSR count). The van der Waals surface area contributed by atoms with Crippen molar-refractivity contribution in [1.82, 2.24) is 4.90 Å². The highest BCUT2D eigenvalue weighted by Gasteiger charge is 2.19. The number of piperidine rings is 1. The van der Waals surface area contributed by atoms with Crippen molar-refractivity contribution < 1.29 is 4.74 Å². The second-order valence-corrected chi connectivity index (χ2v) is 6.43. The lowest BCUT2D eigenvalue weighted by atomic mass is 10.0. The summed E-state index contributed by atoms with van der Waals surface area (Å²) in [6.07, 6.45) is 2.28. The molecule has 2 aromatic carbocycles. The zero-order valence-corrected chi connectivity index (χ0v) is 14.2. The largest absolute Gasteiger partial charge is 0.497 e. The molecule has 1 heterocycles. The molecule has 0 amide bonds. The number of para-hydroxylation sites is 1. The molecule has 0 unspecified atom stereocenters. The van der Waals surface area contributed by atoms with E-state index in [1.807, 2.05) is 36.4 Å². The average molecular weight is 331 g/mol. The third kappa shape index (κ3) is 4.40. The minimum absolute atomic E-state index is 0.502. The van der Waals surface area contributed by atoms with Gasteiger partial charge in [0.1, 0.15) is 5.75 Å². The Kier molecular flexibility index (Phi) is 5.42. The monoisotopic (exact) mass is 330 g/mol. The number of nitrogens with one attached hydrogen (secondary N) is 1. The molecule has 1 aliphatic rings. The zero-order chi connectivity index (χ0) is 16.1. The van der Waals surface area contributed by atoms with Crippen molar-refractivity contribution in [3.63, 3.8) is 0 Å². The Bertz CT molecular complexity index is 622. The second kappa shape index (κ2) is 7.71. The summed E-state index contributed by atoms with van der Waals surface area (Å²) in [6.45, 7) is 3.21. The minimum Gasteiger partial charge on any atom is -0.497 e. The summed E-state index contributed by atoms with van der Waals surface area (Å²) in [6, 6.07) is 16.8. The maximum absolute atomic E-state index is 6.22. The van der Waals surface area contributed by atoms with Crippen LogP contribution in [0.2, 0.25) is 5.02 Å². The van der Waals surface area contributed by atoms with E-state index in [1.54, 1.807) is 7.11 Å². The van der Waals surface area contributed by atoms with E-state index in [-0.39, 0.29) is 0 Å². The van der Waals surface area contributed by atoms with Crippen LogP contribution < -0.4 is 10.1 Å². The van der Waals surface area contributed by atoms with Crippen LogP contribution in [-0.4, -0.2) is 31.1 Å². The van der Waals surface area contributed by atoms with Crippen LogP contribution in [0.5, 0.6) is 5.75 Å². The SMILES string of the molecule is COc1ccc(CN2CCC(Nc3ccccc3Cl)CC2)cc1. The molecule has 1 N–H and O–H groups in total. The maximum Gasteiger partial charge on any atom is 0.118 e. The molecule has 4 heteroatoms. The van der Waals surface area contributed by atoms with E-state index >= 15 is 0 Å². The maximum atomic E-state index is 6.22. The van der Waals surface area contributed by atoms with Crippen LogP contribution in [0.1, 0.15) is 18.4 Å². The van der Waals surface area contributed by atoms with Crippen molar-refractivity contribution in [2.45, 2.75) is 25.4 Å². The van der Waals surface area contributed by atoms with Gasteiger partial charge < -0.3 is 10.1 Å². The predicted molar refractivity (Wildman–Crippen MR) is 96.4 cm³/mol. The van der Waals surface area contributed by atoms with Crippen molar-refractivity contribution in [3.05, 3.63) is 59.1 Å². The van der Waals surface area contributed by atoms with Crippen molar-refractivity contribution >= 4 is 17.3 Å². The Balaban J connectivity index is 1.49. The number of ether oxygens (including phenoxy) is 1. The van der Waals surface area contributed by atoms with Crippen LogP contribution >= 0.6 is 11.6 Å². The Morgan fingerprint density at radius 2 is 1.78 bits per heavy atom. The van der Waals surface area contributed by atoms with Crippen LogP contribution in [-0.2, 0) is 6.54 Å². The number of likely N-dealkylation sites (tertiary alicyclic amines) is 1. The molecule has 1 saturated heterocycles. The first kappa shape index (κ1) is 16.2. The smallest absolute Gasteiger partial charge is 0.118 e. The summed E-state index contributed by atoms with van der Waals surface area (Å²) >= 11 is 6.22. The first-order valence-corrected chi connectivity index (χ1v) is 8.49. The number of nitrogens with zero attached hydrogens (tertiary/aromatic N) is 1. The molecule has 122 valence electrons. The molecule has 0 spiro atoms. The Morgan fingerprint density at radius 3 is 2.43 bits per heavy atom. The molecule has 3 nitrogen and oxygen atoms in total. The van der Waals surface area contributed by atoms with Gasteiger partial charge in [0, 0.05) is 25.7 Å². The van der Waals surface area contributed by atoms with Gasteiger partial charge in [0.15, 0.2) is 0 Å². The van der Waals surface area contributed by atoms with Gasteiger partial charge in [0.25, 0.3) is 0 Å². The van der Waals surface area contributed by atoms with Crippen LogP contribution in [0.25, 0.3) is 0 Å². The molecule has 1 aliphatic heterocycles. The third-order valence-corrected chi connectivity index (χ3v) is 4.72. The first-order valence-electron chi connectivity index (χ1n) is 8.11. The van der Waals surface area contributed by atoms with Gasteiger partial charge in [-0.1, -0.05) is 35.9 Å². The Labute approximate surface area is 143 Å². The zero-order valence-electron chi connectivity index (χ0n) is 13.5. The normalized spacial score (nSPS) is 16.3. The van der Waals surface area contributed by atoms with Crippen molar-refractivity contribution in [2.75, 3.05) is 25.5 Å². The molecule has 23 heavy (non-hydrogen) atoms. The highest BCUT2D eigenvalue weighted by Crippen LogP contribution is 2.24. The van der Waals surface area contributed by atoms with E-state index in [9.17, 15) is 0 Å². The van der Waals surface area contributed by atoms with Crippen molar-refractivity contribution in [2.24, 2.45) is 0 Å². The topological polar surface area (TPSA) is 24.5 Å². The quantitative estimate of drug-likeness (QED) is 0.878. The lowest BCUT2D eigenvalue weighted by Crippen LogP contribution is -2.38. The Hall–Kier alpha value is -1.71. The lowest BCUT2D eigenvalue weighted by molar-refractivity contribution is 0.211. The van der Waals surface area contributed by atoms with Gasteiger partial charge in [-0.05, 0) is 42.7 Å². The standard InChI is InChI=1S/C19H23ClN2O/c1-23-17-8-6-15(7-9-17)14-22-12-10-16(11-13-22)21-19-5-3-2-4-18(19)20/h2-9,16,21H,10-14H2,1H3. The summed E-state index contributed by atoms with van der Waals surface area (Å²) < 4.78 is 5.21. The Morgan fingerprint density at radius 1 is 1.09 bits per heavy atom. The lowest BCUT2D eigenvalue weighted by Gasteiger charge is -2.33. The van der Waals surface area contributed by atoms with Crippen LogP contribution in [0.3, 0.4) is 0 Å². The van der Waals surface area contributed by atoms with E-state index in [0.717, 1.165) is 48.9 Å². The molecular weight excluding hydrogens is 308 g/mol. The molecule has 1 fully saturated rings. The summed E-state index contributed by atoms with van der Waals surface area (Å²) in [5, 5.41) is 4.37. The number of benzene rings is 2. The van der Waals surface area contributed by atoms with E-state index < -0.39 is 0 Å². The first-order chi connectivity index (χ1) is 11.2. The number of methoxy groups -OCH3 is 1. The predicted octanol–water partition coefficient (Wildman–Crippen LogP) is 4.43. The van der Waals surface area contributed by atoms with Crippen molar-refractivity contribution in [3.8, 4) is 5.75 Å². The molecule has 2 aromatic rings. The molecule has 0 bridgehead atoms. The van der Waals surface area contributed by atoms with Gasteiger partial charge in [0.05, 0.1) is 17.8 Å². The van der Waals surface area contributed by atoms with E-state index in [0.29, 0.717) is 6.04 Å². The summed E-state index contributed by atoms with van der Waals surface area (Å²) in [7, 11) is 1.70. The molecule has 0 radical (unpaired) electrons. The molecule has 0 aliphatic carbocycles. The van der Waals surface area contributed by atoms with Gasteiger partial charge in [-0.25, -0.2) is 0 Å². The van der Waals surface area contributed by atoms with Gasteiger partial charge in [-0.2, -0.15) is 0 Å². The van der Waals surface area contributed by atoms with E-state index in [4.69, 9.17) is 16.3 Å². The van der Waals surface area contributed by atoms with Gasteiger partial charge in [-0.15, -0.1) is 0 Å².